The third-order valence-electron chi connectivity index (χ3n) is 3.13. The number of halogens is 1. The summed E-state index contributed by atoms with van der Waals surface area (Å²) in [6.45, 7) is 2.87. The van der Waals surface area contributed by atoms with Crippen LogP contribution < -0.4 is 5.73 Å². The highest BCUT2D eigenvalue weighted by Crippen LogP contribution is 2.31. The second-order valence-electron chi connectivity index (χ2n) is 4.24. The SMILES string of the molecule is CCOC1CCC(n2cc(N)c(Br)n2)CC1. The lowest BCUT2D eigenvalue weighted by Crippen LogP contribution is -2.23. The smallest absolute Gasteiger partial charge is 0.151 e. The molecule has 1 aliphatic rings. The molecule has 16 heavy (non-hydrogen) atoms. The molecule has 0 amide bonds. The lowest BCUT2D eigenvalue weighted by molar-refractivity contribution is 0.0259. The lowest BCUT2D eigenvalue weighted by atomic mass is 9.93. The molecule has 0 aromatic carbocycles. The van der Waals surface area contributed by atoms with Crippen LogP contribution in [0.15, 0.2) is 10.8 Å². The molecule has 2 N–H and O–H groups in total. The molecule has 1 aliphatic carbocycles. The molecule has 0 spiro atoms. The summed E-state index contributed by atoms with van der Waals surface area (Å²) in [6.07, 6.45) is 6.84. The largest absolute Gasteiger partial charge is 0.395 e. The number of rotatable bonds is 3. The average Bonchev–Trinajstić information content (AvgIpc) is 2.61. The molecule has 1 aromatic heterocycles. The highest BCUT2D eigenvalue weighted by Gasteiger charge is 2.23. The van der Waals surface area contributed by atoms with Gasteiger partial charge in [0, 0.05) is 12.8 Å². The van der Waals surface area contributed by atoms with Crippen molar-refractivity contribution in [2.75, 3.05) is 12.3 Å². The van der Waals surface area contributed by atoms with Gasteiger partial charge in [0.25, 0.3) is 0 Å². The van der Waals surface area contributed by atoms with Crippen LogP contribution in [0, 0.1) is 0 Å². The van der Waals surface area contributed by atoms with E-state index in [4.69, 9.17) is 10.5 Å². The zero-order chi connectivity index (χ0) is 11.5. The number of nitrogens with zero attached hydrogens (tertiary/aromatic N) is 2. The molecule has 4 nitrogen and oxygen atoms in total. The number of hydrogen-bond acceptors (Lipinski definition) is 3. The fraction of sp³-hybridized carbons (Fsp3) is 0.727. The van der Waals surface area contributed by atoms with Gasteiger partial charge in [0.15, 0.2) is 4.60 Å². The molecule has 0 saturated heterocycles. The Morgan fingerprint density at radius 2 is 2.19 bits per heavy atom. The summed E-state index contributed by atoms with van der Waals surface area (Å²) < 4.78 is 8.37. The minimum atomic E-state index is 0.442. The van der Waals surface area contributed by atoms with Crippen LogP contribution in [0.3, 0.4) is 0 Å². The van der Waals surface area contributed by atoms with E-state index in [9.17, 15) is 0 Å². The molecule has 5 heteroatoms. The van der Waals surface area contributed by atoms with Gasteiger partial charge in [0.05, 0.1) is 17.8 Å². The second kappa shape index (κ2) is 5.19. The van der Waals surface area contributed by atoms with Crippen molar-refractivity contribution in [3.8, 4) is 0 Å². The summed E-state index contributed by atoms with van der Waals surface area (Å²) >= 11 is 3.34. The van der Waals surface area contributed by atoms with Crippen molar-refractivity contribution >= 4 is 21.6 Å². The minimum Gasteiger partial charge on any atom is -0.395 e. The Kier molecular flexibility index (Phi) is 3.86. The van der Waals surface area contributed by atoms with E-state index in [0.29, 0.717) is 17.8 Å². The molecule has 1 aromatic rings. The van der Waals surface area contributed by atoms with Gasteiger partial charge in [-0.15, -0.1) is 0 Å². The molecule has 1 saturated carbocycles. The van der Waals surface area contributed by atoms with E-state index in [0.717, 1.165) is 36.9 Å². The molecule has 0 aliphatic heterocycles. The number of ether oxygens (including phenoxy) is 1. The van der Waals surface area contributed by atoms with Gasteiger partial charge in [-0.25, -0.2) is 0 Å². The van der Waals surface area contributed by atoms with Gasteiger partial charge < -0.3 is 10.5 Å². The zero-order valence-corrected chi connectivity index (χ0v) is 11.1. The van der Waals surface area contributed by atoms with E-state index < -0.39 is 0 Å². The lowest BCUT2D eigenvalue weighted by Gasteiger charge is -2.28. The topological polar surface area (TPSA) is 53.1 Å². The maximum absolute atomic E-state index is 5.77. The summed E-state index contributed by atoms with van der Waals surface area (Å²) in [5.41, 5.74) is 6.48. The van der Waals surface area contributed by atoms with Crippen LogP contribution in [0.5, 0.6) is 0 Å². The van der Waals surface area contributed by atoms with Gasteiger partial charge in [-0.1, -0.05) is 0 Å². The Labute approximate surface area is 104 Å². The Hall–Kier alpha value is -0.550. The number of nitrogens with two attached hydrogens (primary N) is 1. The molecule has 1 heterocycles. The Balaban J connectivity index is 1.93. The first-order valence-corrected chi connectivity index (χ1v) is 6.61. The maximum atomic E-state index is 5.77. The fourth-order valence-electron chi connectivity index (χ4n) is 2.28. The average molecular weight is 288 g/mol. The third-order valence-corrected chi connectivity index (χ3v) is 3.75. The van der Waals surface area contributed by atoms with Crippen molar-refractivity contribution in [1.29, 1.82) is 0 Å². The molecule has 0 bridgehead atoms. The number of aromatic nitrogens is 2. The summed E-state index contributed by atoms with van der Waals surface area (Å²) in [5.74, 6) is 0. The first-order valence-electron chi connectivity index (χ1n) is 5.82. The molecule has 0 unspecified atom stereocenters. The Morgan fingerprint density at radius 1 is 1.50 bits per heavy atom. The maximum Gasteiger partial charge on any atom is 0.151 e. The quantitative estimate of drug-likeness (QED) is 0.930. The van der Waals surface area contributed by atoms with E-state index in [1.165, 1.54) is 0 Å². The molecular formula is C11H18BrN3O. The summed E-state index contributed by atoms with van der Waals surface area (Å²) in [7, 11) is 0. The summed E-state index contributed by atoms with van der Waals surface area (Å²) in [6, 6.07) is 0.477. The number of nitrogen functional groups attached to an aromatic ring is 1. The summed E-state index contributed by atoms with van der Waals surface area (Å²) in [5, 5.41) is 4.37. The molecule has 0 radical (unpaired) electrons. The highest BCUT2D eigenvalue weighted by molar-refractivity contribution is 9.10. The predicted octanol–water partition coefficient (Wildman–Crippen LogP) is 2.75. The summed E-state index contributed by atoms with van der Waals surface area (Å²) in [4.78, 5) is 0. The van der Waals surface area contributed by atoms with Crippen LogP contribution in [-0.4, -0.2) is 22.5 Å². The van der Waals surface area contributed by atoms with Crippen molar-refractivity contribution in [3.05, 3.63) is 10.8 Å². The molecule has 0 atom stereocenters. The van der Waals surface area contributed by atoms with Gasteiger partial charge in [0.1, 0.15) is 0 Å². The molecule has 2 rings (SSSR count). The molecule has 1 fully saturated rings. The van der Waals surface area contributed by atoms with Crippen LogP contribution in [-0.2, 0) is 4.74 Å². The van der Waals surface area contributed by atoms with Gasteiger partial charge in [0.2, 0.25) is 0 Å². The van der Waals surface area contributed by atoms with Crippen molar-refractivity contribution in [2.45, 2.75) is 44.8 Å². The van der Waals surface area contributed by atoms with Gasteiger partial charge in [-0.3, -0.25) is 4.68 Å². The van der Waals surface area contributed by atoms with Crippen molar-refractivity contribution < 1.29 is 4.74 Å². The van der Waals surface area contributed by atoms with E-state index in [2.05, 4.69) is 28.0 Å². The van der Waals surface area contributed by atoms with Crippen LogP contribution >= 0.6 is 15.9 Å². The number of hydrogen-bond donors (Lipinski definition) is 1. The van der Waals surface area contributed by atoms with E-state index in [-0.39, 0.29) is 0 Å². The van der Waals surface area contributed by atoms with Gasteiger partial charge in [-0.2, -0.15) is 5.10 Å². The van der Waals surface area contributed by atoms with Crippen LogP contribution in [0.4, 0.5) is 5.69 Å². The number of anilines is 1. The van der Waals surface area contributed by atoms with Crippen LogP contribution in [0.2, 0.25) is 0 Å². The minimum absolute atomic E-state index is 0.442. The normalized spacial score (nSPS) is 25.9. The van der Waals surface area contributed by atoms with Gasteiger partial charge in [-0.05, 0) is 48.5 Å². The highest BCUT2D eigenvalue weighted by atomic mass is 79.9. The van der Waals surface area contributed by atoms with Crippen LogP contribution in [0.25, 0.3) is 0 Å². The Bertz CT molecular complexity index is 325. The van der Waals surface area contributed by atoms with E-state index in [1.54, 1.807) is 0 Å². The fourth-order valence-corrected chi connectivity index (χ4v) is 2.57. The molecule has 90 valence electrons. The predicted molar refractivity (Wildman–Crippen MR) is 67.3 cm³/mol. The van der Waals surface area contributed by atoms with E-state index >= 15 is 0 Å². The van der Waals surface area contributed by atoms with Crippen molar-refractivity contribution in [1.82, 2.24) is 9.78 Å². The second-order valence-corrected chi connectivity index (χ2v) is 4.99. The standard InChI is InChI=1S/C11H18BrN3O/c1-2-16-9-5-3-8(4-6-9)15-7-10(13)11(12)14-15/h7-9H,2-6,13H2,1H3. The third kappa shape index (κ3) is 2.58. The first kappa shape index (κ1) is 11.9. The van der Waals surface area contributed by atoms with Crippen molar-refractivity contribution in [3.63, 3.8) is 0 Å². The Morgan fingerprint density at radius 3 is 2.69 bits per heavy atom. The van der Waals surface area contributed by atoms with Crippen LogP contribution in [0.1, 0.15) is 38.6 Å². The van der Waals surface area contributed by atoms with Gasteiger partial charge >= 0.3 is 0 Å². The molecular weight excluding hydrogens is 270 g/mol. The monoisotopic (exact) mass is 287 g/mol. The van der Waals surface area contributed by atoms with Crippen molar-refractivity contribution in [2.24, 2.45) is 0 Å². The first-order chi connectivity index (χ1) is 7.70. The zero-order valence-electron chi connectivity index (χ0n) is 9.53. The van der Waals surface area contributed by atoms with E-state index in [1.807, 2.05) is 10.9 Å².